The predicted octanol–water partition coefficient (Wildman–Crippen LogP) is 2.14. The molecule has 3 nitrogen and oxygen atoms in total. The summed E-state index contributed by atoms with van der Waals surface area (Å²) in [6, 6.07) is 4.07. The van der Waals surface area contributed by atoms with Crippen molar-refractivity contribution in [3.63, 3.8) is 0 Å². The maximum Gasteiger partial charge on any atom is 0.0887 e. The van der Waals surface area contributed by atoms with Crippen LogP contribution < -0.4 is 0 Å². The van der Waals surface area contributed by atoms with E-state index >= 15 is 0 Å². The maximum atomic E-state index is 10.5. The van der Waals surface area contributed by atoms with Crippen LogP contribution in [0.15, 0.2) is 18.3 Å². The zero-order valence-corrected chi connectivity index (χ0v) is 10.8. The fourth-order valence-electron chi connectivity index (χ4n) is 2.81. The van der Waals surface area contributed by atoms with Crippen LogP contribution in [0.5, 0.6) is 0 Å². The van der Waals surface area contributed by atoms with E-state index in [1.54, 1.807) is 13.3 Å². The molecule has 1 aromatic heterocycles. The molecule has 1 N–H and O–H groups in total. The van der Waals surface area contributed by atoms with Crippen molar-refractivity contribution in [2.75, 3.05) is 7.11 Å². The Hall–Kier alpha value is -0.930. The number of aliphatic hydroxyl groups excluding tert-OH is 1. The first-order valence-electron chi connectivity index (χ1n) is 6.29. The van der Waals surface area contributed by atoms with Gasteiger partial charge in [0.05, 0.1) is 12.2 Å². The van der Waals surface area contributed by atoms with Gasteiger partial charge in [-0.2, -0.15) is 0 Å². The van der Waals surface area contributed by atoms with Crippen LogP contribution in [-0.4, -0.2) is 29.4 Å². The van der Waals surface area contributed by atoms with E-state index in [9.17, 15) is 5.11 Å². The van der Waals surface area contributed by atoms with Gasteiger partial charge in [0.15, 0.2) is 0 Å². The van der Waals surface area contributed by atoms with E-state index in [0.717, 1.165) is 18.5 Å². The Morgan fingerprint density at radius 1 is 1.47 bits per heavy atom. The first kappa shape index (κ1) is 12.5. The van der Waals surface area contributed by atoms with Gasteiger partial charge >= 0.3 is 0 Å². The standard InChI is InChI=1S/C14H21NO2/c1-9(2)14(17-3)13(16)11-7-6-10-5-4-8-15-12(10)11/h4-5,8-9,11,13-14,16H,6-7H2,1-3H3. The molecule has 0 amide bonds. The monoisotopic (exact) mass is 235 g/mol. The van der Waals surface area contributed by atoms with Gasteiger partial charge in [-0.3, -0.25) is 4.98 Å². The minimum atomic E-state index is -0.462. The molecule has 1 aliphatic rings. The first-order valence-corrected chi connectivity index (χ1v) is 6.29. The normalized spacial score (nSPS) is 22.5. The van der Waals surface area contributed by atoms with Crippen molar-refractivity contribution in [3.8, 4) is 0 Å². The van der Waals surface area contributed by atoms with Crippen LogP contribution in [0.2, 0.25) is 0 Å². The summed E-state index contributed by atoms with van der Waals surface area (Å²) in [5.41, 5.74) is 2.33. The molecule has 1 aromatic rings. The number of pyridine rings is 1. The molecule has 0 bridgehead atoms. The van der Waals surface area contributed by atoms with Crippen LogP contribution in [-0.2, 0) is 11.2 Å². The van der Waals surface area contributed by atoms with Gasteiger partial charge in [0.25, 0.3) is 0 Å². The summed E-state index contributed by atoms with van der Waals surface area (Å²) in [4.78, 5) is 4.42. The van der Waals surface area contributed by atoms with Crippen molar-refractivity contribution in [2.24, 2.45) is 5.92 Å². The largest absolute Gasteiger partial charge is 0.390 e. The molecule has 0 fully saturated rings. The number of aliphatic hydroxyl groups is 1. The van der Waals surface area contributed by atoms with E-state index in [1.165, 1.54) is 5.56 Å². The highest BCUT2D eigenvalue weighted by Gasteiger charge is 2.35. The van der Waals surface area contributed by atoms with Crippen molar-refractivity contribution in [1.29, 1.82) is 0 Å². The summed E-state index contributed by atoms with van der Waals surface area (Å²) in [6.07, 6.45) is 3.21. The van der Waals surface area contributed by atoms with Crippen LogP contribution in [0.3, 0.4) is 0 Å². The smallest absolute Gasteiger partial charge is 0.0887 e. The number of fused-ring (bicyclic) bond motifs is 1. The van der Waals surface area contributed by atoms with E-state index in [2.05, 4.69) is 24.9 Å². The van der Waals surface area contributed by atoms with Gasteiger partial charge in [-0.25, -0.2) is 0 Å². The average Bonchev–Trinajstić information content (AvgIpc) is 2.72. The Bertz CT molecular complexity index is 378. The fraction of sp³-hybridized carbons (Fsp3) is 0.643. The molecule has 1 aliphatic carbocycles. The van der Waals surface area contributed by atoms with Crippen molar-refractivity contribution in [2.45, 2.75) is 44.8 Å². The lowest BCUT2D eigenvalue weighted by Gasteiger charge is -2.29. The summed E-state index contributed by atoms with van der Waals surface area (Å²) in [7, 11) is 1.67. The van der Waals surface area contributed by atoms with Crippen molar-refractivity contribution >= 4 is 0 Å². The highest BCUT2D eigenvalue weighted by Crippen LogP contribution is 2.36. The number of nitrogens with zero attached hydrogens (tertiary/aromatic N) is 1. The summed E-state index contributed by atoms with van der Waals surface area (Å²) < 4.78 is 5.42. The van der Waals surface area contributed by atoms with Crippen LogP contribution in [0, 0.1) is 5.92 Å². The molecule has 0 aliphatic heterocycles. The minimum Gasteiger partial charge on any atom is -0.390 e. The van der Waals surface area contributed by atoms with Crippen molar-refractivity contribution in [1.82, 2.24) is 4.98 Å². The van der Waals surface area contributed by atoms with E-state index in [-0.39, 0.29) is 12.0 Å². The first-order chi connectivity index (χ1) is 8.15. The molecule has 0 spiro atoms. The SMILES string of the molecule is COC(C(C)C)C(O)C1CCc2cccnc21. The second-order valence-corrected chi connectivity index (χ2v) is 5.13. The van der Waals surface area contributed by atoms with Gasteiger partial charge in [-0.1, -0.05) is 19.9 Å². The second-order valence-electron chi connectivity index (χ2n) is 5.13. The van der Waals surface area contributed by atoms with Crippen LogP contribution in [0.25, 0.3) is 0 Å². The Balaban J connectivity index is 2.19. The van der Waals surface area contributed by atoms with E-state index in [0.29, 0.717) is 5.92 Å². The van der Waals surface area contributed by atoms with Gasteiger partial charge in [0.1, 0.15) is 0 Å². The van der Waals surface area contributed by atoms with Crippen LogP contribution in [0.1, 0.15) is 37.4 Å². The van der Waals surface area contributed by atoms with Gasteiger partial charge < -0.3 is 9.84 Å². The molecule has 0 radical (unpaired) electrons. The van der Waals surface area contributed by atoms with Crippen molar-refractivity contribution < 1.29 is 9.84 Å². The van der Waals surface area contributed by atoms with Crippen molar-refractivity contribution in [3.05, 3.63) is 29.6 Å². The highest BCUT2D eigenvalue weighted by atomic mass is 16.5. The summed E-state index contributed by atoms with van der Waals surface area (Å²) in [5.74, 6) is 0.432. The summed E-state index contributed by atoms with van der Waals surface area (Å²) in [5, 5.41) is 10.5. The minimum absolute atomic E-state index is 0.118. The summed E-state index contributed by atoms with van der Waals surface area (Å²) >= 11 is 0. The van der Waals surface area contributed by atoms with E-state index < -0.39 is 6.10 Å². The number of hydrogen-bond donors (Lipinski definition) is 1. The molecule has 1 heterocycles. The number of ether oxygens (including phenoxy) is 1. The number of aryl methyl sites for hydroxylation is 1. The molecule has 3 unspecified atom stereocenters. The lowest BCUT2D eigenvalue weighted by Crippen LogP contribution is -2.37. The molecule has 17 heavy (non-hydrogen) atoms. The van der Waals surface area contributed by atoms with Gasteiger partial charge in [-0.15, -0.1) is 0 Å². The third kappa shape index (κ3) is 2.35. The van der Waals surface area contributed by atoms with Crippen LogP contribution in [0.4, 0.5) is 0 Å². The summed E-state index contributed by atoms with van der Waals surface area (Å²) in [6.45, 7) is 4.15. The molecule has 0 aromatic carbocycles. The molecule has 3 atom stereocenters. The molecular weight excluding hydrogens is 214 g/mol. The van der Waals surface area contributed by atoms with E-state index in [1.807, 2.05) is 6.07 Å². The zero-order chi connectivity index (χ0) is 12.4. The Morgan fingerprint density at radius 2 is 2.24 bits per heavy atom. The Kier molecular flexibility index (Phi) is 3.79. The van der Waals surface area contributed by atoms with Gasteiger partial charge in [0.2, 0.25) is 0 Å². The van der Waals surface area contributed by atoms with Gasteiger partial charge in [-0.05, 0) is 30.4 Å². The topological polar surface area (TPSA) is 42.4 Å². The predicted molar refractivity (Wildman–Crippen MR) is 66.9 cm³/mol. The molecule has 2 rings (SSSR count). The molecule has 3 heteroatoms. The van der Waals surface area contributed by atoms with Gasteiger partial charge in [0, 0.05) is 24.9 Å². The quantitative estimate of drug-likeness (QED) is 0.869. The lowest BCUT2D eigenvalue weighted by molar-refractivity contribution is -0.0496. The average molecular weight is 235 g/mol. The van der Waals surface area contributed by atoms with Crippen LogP contribution >= 0.6 is 0 Å². The number of methoxy groups -OCH3 is 1. The third-order valence-electron chi connectivity index (χ3n) is 3.68. The molecular formula is C14H21NO2. The number of hydrogen-bond acceptors (Lipinski definition) is 3. The molecule has 0 saturated heterocycles. The zero-order valence-electron chi connectivity index (χ0n) is 10.8. The fourth-order valence-corrected chi connectivity index (χ4v) is 2.81. The number of rotatable bonds is 4. The highest BCUT2D eigenvalue weighted by molar-refractivity contribution is 5.29. The lowest BCUT2D eigenvalue weighted by atomic mass is 9.89. The Labute approximate surface area is 103 Å². The Morgan fingerprint density at radius 3 is 2.88 bits per heavy atom. The second kappa shape index (κ2) is 5.15. The molecule has 94 valence electrons. The number of aromatic nitrogens is 1. The third-order valence-corrected chi connectivity index (χ3v) is 3.68. The molecule has 0 saturated carbocycles. The van der Waals surface area contributed by atoms with E-state index in [4.69, 9.17) is 4.74 Å². The maximum absolute atomic E-state index is 10.5.